The van der Waals surface area contributed by atoms with Crippen molar-refractivity contribution in [3.05, 3.63) is 107 Å². The highest BCUT2D eigenvalue weighted by molar-refractivity contribution is 7.98. The maximum atomic E-state index is 13.4. The standard InChI is InChI=1S/C27H29ClN2O2S/c1-29-27(32)25(18-21-9-4-2-5-10-21)30(19-23-13-8-14-24(28)17-23)26(31)15-16-33-20-22-11-6-3-7-12-22/h2-14,17,25H,15-16,18-20H2,1H3,(H,29,32)/t25-/m0/s1. The fourth-order valence-electron chi connectivity index (χ4n) is 3.62. The lowest BCUT2D eigenvalue weighted by atomic mass is 10.0. The Kier molecular flexibility index (Phi) is 9.85. The molecule has 0 bridgehead atoms. The van der Waals surface area contributed by atoms with E-state index >= 15 is 0 Å². The molecule has 6 heteroatoms. The van der Waals surface area contributed by atoms with E-state index in [1.807, 2.05) is 66.7 Å². The molecule has 0 aliphatic heterocycles. The number of thioether (sulfide) groups is 1. The largest absolute Gasteiger partial charge is 0.357 e. The van der Waals surface area contributed by atoms with Gasteiger partial charge in [-0.2, -0.15) is 11.8 Å². The van der Waals surface area contributed by atoms with Crippen LogP contribution in [-0.4, -0.2) is 35.6 Å². The van der Waals surface area contributed by atoms with E-state index in [2.05, 4.69) is 17.4 Å². The van der Waals surface area contributed by atoms with Crippen LogP contribution >= 0.6 is 23.4 Å². The Balaban J connectivity index is 1.75. The highest BCUT2D eigenvalue weighted by Gasteiger charge is 2.29. The van der Waals surface area contributed by atoms with Crippen molar-refractivity contribution in [3.63, 3.8) is 0 Å². The van der Waals surface area contributed by atoms with Crippen molar-refractivity contribution in [1.82, 2.24) is 10.2 Å². The third kappa shape index (κ3) is 7.95. The molecular weight excluding hydrogens is 452 g/mol. The SMILES string of the molecule is CNC(=O)[C@H](Cc1ccccc1)N(Cc1cccc(Cl)c1)C(=O)CCSCc1ccccc1. The minimum atomic E-state index is -0.608. The number of carbonyl (C=O) groups excluding carboxylic acids is 2. The van der Waals surface area contributed by atoms with Crippen LogP contribution in [0.1, 0.15) is 23.1 Å². The number of amides is 2. The van der Waals surface area contributed by atoms with Gasteiger partial charge in [-0.05, 0) is 28.8 Å². The predicted octanol–water partition coefficient (Wildman–Crippen LogP) is 5.35. The molecule has 3 aromatic carbocycles. The third-order valence-electron chi connectivity index (χ3n) is 5.33. The predicted molar refractivity (Wildman–Crippen MR) is 137 cm³/mol. The summed E-state index contributed by atoms with van der Waals surface area (Å²) in [6, 6.07) is 26.8. The highest BCUT2D eigenvalue weighted by Crippen LogP contribution is 2.20. The second-order valence-electron chi connectivity index (χ2n) is 7.76. The first-order valence-electron chi connectivity index (χ1n) is 11.0. The second kappa shape index (κ2) is 13.1. The molecule has 3 aromatic rings. The zero-order valence-corrected chi connectivity index (χ0v) is 20.3. The summed E-state index contributed by atoms with van der Waals surface area (Å²) in [6.07, 6.45) is 0.810. The summed E-state index contributed by atoms with van der Waals surface area (Å²) in [5.74, 6) is 1.32. The molecule has 2 amide bonds. The Morgan fingerprint density at radius 1 is 0.909 bits per heavy atom. The number of hydrogen-bond acceptors (Lipinski definition) is 3. The van der Waals surface area contributed by atoms with E-state index in [4.69, 9.17) is 11.6 Å². The molecule has 3 rings (SSSR count). The average molecular weight is 481 g/mol. The number of nitrogens with zero attached hydrogens (tertiary/aromatic N) is 1. The molecule has 1 N–H and O–H groups in total. The van der Waals surface area contributed by atoms with Crippen LogP contribution < -0.4 is 5.32 Å². The lowest BCUT2D eigenvalue weighted by Crippen LogP contribution is -2.49. The summed E-state index contributed by atoms with van der Waals surface area (Å²) in [6.45, 7) is 0.327. The lowest BCUT2D eigenvalue weighted by Gasteiger charge is -2.31. The Morgan fingerprint density at radius 3 is 2.18 bits per heavy atom. The zero-order chi connectivity index (χ0) is 23.5. The van der Waals surface area contributed by atoms with Gasteiger partial charge in [-0.1, -0.05) is 84.4 Å². The highest BCUT2D eigenvalue weighted by atomic mass is 35.5. The van der Waals surface area contributed by atoms with Crippen molar-refractivity contribution in [2.75, 3.05) is 12.8 Å². The van der Waals surface area contributed by atoms with Crippen molar-refractivity contribution >= 4 is 35.2 Å². The van der Waals surface area contributed by atoms with E-state index < -0.39 is 6.04 Å². The third-order valence-corrected chi connectivity index (χ3v) is 6.60. The van der Waals surface area contributed by atoms with Gasteiger partial charge in [0.1, 0.15) is 6.04 Å². The number of hydrogen-bond donors (Lipinski definition) is 1. The van der Waals surface area contributed by atoms with Gasteiger partial charge in [0.15, 0.2) is 0 Å². The number of halogens is 1. The Labute approximate surface area is 205 Å². The molecule has 0 saturated heterocycles. The maximum Gasteiger partial charge on any atom is 0.242 e. The van der Waals surface area contributed by atoms with E-state index in [0.717, 1.165) is 16.9 Å². The van der Waals surface area contributed by atoms with Crippen LogP contribution in [-0.2, 0) is 28.3 Å². The molecule has 33 heavy (non-hydrogen) atoms. The summed E-state index contributed by atoms with van der Waals surface area (Å²) in [7, 11) is 1.61. The molecule has 172 valence electrons. The van der Waals surface area contributed by atoms with E-state index in [1.54, 1.807) is 29.8 Å². The van der Waals surface area contributed by atoms with Crippen molar-refractivity contribution in [1.29, 1.82) is 0 Å². The van der Waals surface area contributed by atoms with Crippen LogP contribution in [0.4, 0.5) is 0 Å². The summed E-state index contributed by atoms with van der Waals surface area (Å²) in [5.41, 5.74) is 3.14. The topological polar surface area (TPSA) is 49.4 Å². The summed E-state index contributed by atoms with van der Waals surface area (Å²) >= 11 is 7.90. The van der Waals surface area contributed by atoms with Gasteiger partial charge in [-0.15, -0.1) is 0 Å². The minimum Gasteiger partial charge on any atom is -0.357 e. The Hall–Kier alpha value is -2.76. The molecule has 4 nitrogen and oxygen atoms in total. The molecule has 0 aliphatic carbocycles. The summed E-state index contributed by atoms with van der Waals surface area (Å²) in [5, 5.41) is 3.35. The van der Waals surface area contributed by atoms with E-state index in [0.29, 0.717) is 30.2 Å². The second-order valence-corrected chi connectivity index (χ2v) is 9.30. The van der Waals surface area contributed by atoms with E-state index in [1.165, 1.54) is 5.56 Å². The van der Waals surface area contributed by atoms with E-state index in [-0.39, 0.29) is 11.8 Å². The maximum absolute atomic E-state index is 13.4. The summed E-state index contributed by atoms with van der Waals surface area (Å²) < 4.78 is 0. The van der Waals surface area contributed by atoms with Crippen LogP contribution in [0.2, 0.25) is 5.02 Å². The van der Waals surface area contributed by atoms with Gasteiger partial charge in [-0.3, -0.25) is 9.59 Å². The molecule has 1 atom stereocenters. The van der Waals surface area contributed by atoms with Gasteiger partial charge < -0.3 is 10.2 Å². The van der Waals surface area contributed by atoms with Crippen LogP contribution in [0.15, 0.2) is 84.9 Å². The molecule has 0 radical (unpaired) electrons. The van der Waals surface area contributed by atoms with Crippen LogP contribution in [0.25, 0.3) is 0 Å². The minimum absolute atomic E-state index is 0.0416. The molecule has 0 saturated carbocycles. The number of likely N-dealkylation sites (N-methyl/N-ethyl adjacent to an activating group) is 1. The van der Waals surface area contributed by atoms with Crippen molar-refractivity contribution < 1.29 is 9.59 Å². The van der Waals surface area contributed by atoms with Crippen molar-refractivity contribution in [2.45, 2.75) is 31.2 Å². The molecular formula is C27H29ClN2O2S. The zero-order valence-electron chi connectivity index (χ0n) is 18.7. The number of benzene rings is 3. The van der Waals surface area contributed by atoms with E-state index in [9.17, 15) is 9.59 Å². The monoisotopic (exact) mass is 480 g/mol. The number of rotatable bonds is 11. The average Bonchev–Trinajstić information content (AvgIpc) is 2.84. The van der Waals surface area contributed by atoms with Gasteiger partial charge in [0, 0.05) is 43.0 Å². The van der Waals surface area contributed by atoms with Gasteiger partial charge >= 0.3 is 0 Å². The molecule has 0 heterocycles. The quantitative estimate of drug-likeness (QED) is 0.376. The molecule has 0 fully saturated rings. The van der Waals surface area contributed by atoms with Gasteiger partial charge in [0.25, 0.3) is 0 Å². The molecule has 0 spiro atoms. The summed E-state index contributed by atoms with van der Waals surface area (Å²) in [4.78, 5) is 28.0. The molecule has 0 unspecified atom stereocenters. The van der Waals surface area contributed by atoms with Gasteiger partial charge in [0.05, 0.1) is 0 Å². The number of carbonyl (C=O) groups is 2. The van der Waals surface area contributed by atoms with Crippen LogP contribution in [0.3, 0.4) is 0 Å². The first-order chi connectivity index (χ1) is 16.1. The molecule has 0 aromatic heterocycles. The first-order valence-corrected chi connectivity index (χ1v) is 12.5. The van der Waals surface area contributed by atoms with Crippen molar-refractivity contribution in [3.8, 4) is 0 Å². The lowest BCUT2D eigenvalue weighted by molar-refractivity contribution is -0.140. The number of nitrogens with one attached hydrogen (secondary N) is 1. The Morgan fingerprint density at radius 2 is 1.55 bits per heavy atom. The Bertz CT molecular complexity index is 1030. The normalized spacial score (nSPS) is 11.6. The molecule has 0 aliphatic rings. The van der Waals surface area contributed by atoms with Crippen LogP contribution in [0.5, 0.6) is 0 Å². The van der Waals surface area contributed by atoms with Gasteiger partial charge in [-0.25, -0.2) is 0 Å². The van der Waals surface area contributed by atoms with Crippen molar-refractivity contribution in [2.24, 2.45) is 0 Å². The van der Waals surface area contributed by atoms with Gasteiger partial charge in [0.2, 0.25) is 11.8 Å². The fraction of sp³-hybridized carbons (Fsp3) is 0.259. The van der Waals surface area contributed by atoms with Crippen LogP contribution in [0, 0.1) is 0 Å². The fourth-order valence-corrected chi connectivity index (χ4v) is 4.72. The first kappa shape index (κ1) is 24.9. The smallest absolute Gasteiger partial charge is 0.242 e.